The van der Waals surface area contributed by atoms with Crippen molar-refractivity contribution in [2.75, 3.05) is 40.8 Å². The highest BCUT2D eigenvalue weighted by atomic mass is 16.3. The van der Waals surface area contributed by atoms with E-state index in [0.29, 0.717) is 5.92 Å². The van der Waals surface area contributed by atoms with Crippen molar-refractivity contribution in [1.29, 1.82) is 0 Å². The minimum atomic E-state index is -0.656. The van der Waals surface area contributed by atoms with Crippen LogP contribution < -0.4 is 5.32 Å². The normalized spacial score (nSPS) is 33.5. The number of benzene rings is 1. The van der Waals surface area contributed by atoms with Crippen LogP contribution in [0.1, 0.15) is 44.1 Å². The molecule has 2 saturated carbocycles. The standard InChI is InChI=1S/C23H36N4O2/c1-24-20(28)16-26-17-22(27(21(26)29)15-18-9-10-18)11-13-23(14-12-22,25(2)3)19-7-5-4-6-8-19/h4-8,18,21,29H,9-17H2,1-3H3,(H,24,28)/t21?,22-,23+. The monoisotopic (exact) mass is 400 g/mol. The van der Waals surface area contributed by atoms with Crippen LogP contribution in [0.4, 0.5) is 0 Å². The van der Waals surface area contributed by atoms with Crippen molar-refractivity contribution in [3.05, 3.63) is 35.9 Å². The molecule has 1 aromatic rings. The van der Waals surface area contributed by atoms with Gasteiger partial charge in [-0.1, -0.05) is 30.3 Å². The topological polar surface area (TPSA) is 59.1 Å². The molecule has 6 heteroatoms. The van der Waals surface area contributed by atoms with E-state index in [9.17, 15) is 9.90 Å². The van der Waals surface area contributed by atoms with Crippen molar-refractivity contribution in [1.82, 2.24) is 20.0 Å². The van der Waals surface area contributed by atoms with Crippen molar-refractivity contribution in [3.8, 4) is 0 Å². The average molecular weight is 401 g/mol. The van der Waals surface area contributed by atoms with Crippen molar-refractivity contribution in [3.63, 3.8) is 0 Å². The molecule has 1 spiro atoms. The molecule has 1 aliphatic heterocycles. The fourth-order valence-corrected chi connectivity index (χ4v) is 5.58. The highest BCUT2D eigenvalue weighted by molar-refractivity contribution is 5.77. The van der Waals surface area contributed by atoms with Gasteiger partial charge in [-0.2, -0.15) is 0 Å². The molecule has 1 unspecified atom stereocenters. The van der Waals surface area contributed by atoms with Crippen LogP contribution >= 0.6 is 0 Å². The molecule has 6 nitrogen and oxygen atoms in total. The van der Waals surface area contributed by atoms with E-state index >= 15 is 0 Å². The van der Waals surface area contributed by atoms with Gasteiger partial charge in [0.25, 0.3) is 0 Å². The molecule has 0 radical (unpaired) electrons. The van der Waals surface area contributed by atoms with E-state index in [1.807, 2.05) is 4.90 Å². The SMILES string of the molecule is CNC(=O)CN1C[C@]2(CC[C@](c3ccccc3)(N(C)C)CC2)N(CC2CC2)C1O. The minimum Gasteiger partial charge on any atom is -0.365 e. The van der Waals surface area contributed by atoms with Crippen LogP contribution in [0.15, 0.2) is 30.3 Å². The molecule has 2 N–H and O–H groups in total. The Kier molecular flexibility index (Phi) is 5.73. The van der Waals surface area contributed by atoms with Crippen molar-refractivity contribution in [2.24, 2.45) is 5.92 Å². The van der Waals surface area contributed by atoms with Gasteiger partial charge in [-0.3, -0.25) is 19.5 Å². The van der Waals surface area contributed by atoms with Gasteiger partial charge in [-0.25, -0.2) is 0 Å². The van der Waals surface area contributed by atoms with E-state index in [2.05, 4.69) is 59.5 Å². The molecular weight excluding hydrogens is 364 g/mol. The molecule has 1 atom stereocenters. The van der Waals surface area contributed by atoms with E-state index in [1.54, 1.807) is 7.05 Å². The van der Waals surface area contributed by atoms with E-state index in [-0.39, 0.29) is 23.5 Å². The van der Waals surface area contributed by atoms with Gasteiger partial charge >= 0.3 is 0 Å². The highest BCUT2D eigenvalue weighted by Crippen LogP contribution is 2.50. The van der Waals surface area contributed by atoms with Gasteiger partial charge in [-0.05, 0) is 64.1 Å². The lowest BCUT2D eigenvalue weighted by molar-refractivity contribution is -0.128. The fraction of sp³-hybridized carbons (Fsp3) is 0.696. The zero-order valence-corrected chi connectivity index (χ0v) is 18.1. The molecule has 1 amide bonds. The third kappa shape index (κ3) is 3.83. The highest BCUT2D eigenvalue weighted by Gasteiger charge is 2.55. The number of nitrogens with one attached hydrogen (secondary N) is 1. The first kappa shape index (κ1) is 20.8. The predicted octanol–water partition coefficient (Wildman–Crippen LogP) is 1.81. The molecule has 1 saturated heterocycles. The Hall–Kier alpha value is -1.47. The number of likely N-dealkylation sites (N-methyl/N-ethyl adjacent to an activating group) is 1. The van der Waals surface area contributed by atoms with Crippen LogP contribution in [0.3, 0.4) is 0 Å². The fourth-order valence-electron chi connectivity index (χ4n) is 5.58. The first-order valence-electron chi connectivity index (χ1n) is 11.0. The van der Waals surface area contributed by atoms with E-state index < -0.39 is 6.35 Å². The third-order valence-corrected chi connectivity index (χ3v) is 7.66. The number of amides is 1. The van der Waals surface area contributed by atoms with Gasteiger partial charge in [0.1, 0.15) is 0 Å². The lowest BCUT2D eigenvalue weighted by atomic mass is 9.68. The summed E-state index contributed by atoms with van der Waals surface area (Å²) >= 11 is 0. The molecule has 160 valence electrons. The van der Waals surface area contributed by atoms with Gasteiger partial charge < -0.3 is 10.4 Å². The summed E-state index contributed by atoms with van der Waals surface area (Å²) in [4.78, 5) is 18.7. The van der Waals surface area contributed by atoms with Crippen LogP contribution in [0.5, 0.6) is 0 Å². The molecule has 0 bridgehead atoms. The second kappa shape index (κ2) is 7.99. The molecule has 1 heterocycles. The largest absolute Gasteiger partial charge is 0.365 e. The lowest BCUT2D eigenvalue weighted by Gasteiger charge is -2.51. The Morgan fingerprint density at radius 2 is 1.83 bits per heavy atom. The quantitative estimate of drug-likeness (QED) is 0.763. The second-order valence-corrected chi connectivity index (χ2v) is 9.54. The van der Waals surface area contributed by atoms with Gasteiger partial charge in [0.05, 0.1) is 6.54 Å². The summed E-state index contributed by atoms with van der Waals surface area (Å²) in [7, 11) is 6.04. The third-order valence-electron chi connectivity index (χ3n) is 7.66. The van der Waals surface area contributed by atoms with Crippen molar-refractivity contribution >= 4 is 5.91 Å². The lowest BCUT2D eigenvalue weighted by Crippen LogP contribution is -2.56. The Labute approximate surface area is 174 Å². The number of hydrogen-bond acceptors (Lipinski definition) is 5. The van der Waals surface area contributed by atoms with Gasteiger partial charge in [0, 0.05) is 31.2 Å². The van der Waals surface area contributed by atoms with Crippen LogP contribution in [0.2, 0.25) is 0 Å². The van der Waals surface area contributed by atoms with Gasteiger partial charge in [-0.15, -0.1) is 0 Å². The summed E-state index contributed by atoms with van der Waals surface area (Å²) in [6.07, 6.45) is 6.07. The molecule has 3 fully saturated rings. The maximum atomic E-state index is 12.0. The number of hydrogen-bond donors (Lipinski definition) is 2. The maximum Gasteiger partial charge on any atom is 0.234 e. The molecule has 2 aliphatic carbocycles. The Balaban J connectivity index is 1.57. The number of rotatable bonds is 6. The van der Waals surface area contributed by atoms with E-state index in [1.165, 1.54) is 18.4 Å². The van der Waals surface area contributed by atoms with Crippen molar-refractivity contribution < 1.29 is 9.90 Å². The summed E-state index contributed by atoms with van der Waals surface area (Å²) in [5.74, 6) is 0.673. The number of nitrogens with zero attached hydrogens (tertiary/aromatic N) is 3. The Morgan fingerprint density at radius 3 is 2.38 bits per heavy atom. The zero-order chi connectivity index (χ0) is 20.6. The molecule has 0 aromatic heterocycles. The first-order chi connectivity index (χ1) is 13.9. The summed E-state index contributed by atoms with van der Waals surface area (Å²) < 4.78 is 0. The van der Waals surface area contributed by atoms with Crippen LogP contribution in [-0.4, -0.2) is 78.4 Å². The van der Waals surface area contributed by atoms with Crippen molar-refractivity contribution in [2.45, 2.75) is 56.0 Å². The Morgan fingerprint density at radius 1 is 1.17 bits per heavy atom. The van der Waals surface area contributed by atoms with Crippen LogP contribution in [-0.2, 0) is 10.3 Å². The summed E-state index contributed by atoms with van der Waals surface area (Å²) in [6, 6.07) is 10.9. The summed E-state index contributed by atoms with van der Waals surface area (Å²) in [5.41, 5.74) is 1.38. The molecule has 3 aliphatic rings. The smallest absolute Gasteiger partial charge is 0.234 e. The number of carbonyl (C=O) groups is 1. The summed E-state index contributed by atoms with van der Waals surface area (Å²) in [5, 5.41) is 13.8. The van der Waals surface area contributed by atoms with E-state index in [4.69, 9.17) is 0 Å². The number of aliphatic hydroxyl groups is 1. The average Bonchev–Trinajstić information content (AvgIpc) is 3.52. The second-order valence-electron chi connectivity index (χ2n) is 9.54. The van der Waals surface area contributed by atoms with E-state index in [0.717, 1.165) is 38.8 Å². The van der Waals surface area contributed by atoms with Gasteiger partial charge in [0.15, 0.2) is 6.35 Å². The van der Waals surface area contributed by atoms with Gasteiger partial charge in [0.2, 0.25) is 5.91 Å². The molecule has 4 rings (SSSR count). The van der Waals surface area contributed by atoms with Crippen LogP contribution in [0, 0.1) is 5.92 Å². The number of carbonyl (C=O) groups excluding carboxylic acids is 1. The molecule has 29 heavy (non-hydrogen) atoms. The summed E-state index contributed by atoms with van der Waals surface area (Å²) in [6.45, 7) is 1.98. The number of aliphatic hydroxyl groups excluding tert-OH is 1. The minimum absolute atomic E-state index is 0.0322. The molecule has 1 aromatic carbocycles. The molecular formula is C23H36N4O2. The maximum absolute atomic E-state index is 12.0. The zero-order valence-electron chi connectivity index (χ0n) is 18.1. The van der Waals surface area contributed by atoms with Crippen LogP contribution in [0.25, 0.3) is 0 Å². The predicted molar refractivity (Wildman–Crippen MR) is 114 cm³/mol. The Bertz CT molecular complexity index is 711. The first-order valence-corrected chi connectivity index (χ1v) is 11.0.